The minimum atomic E-state index is -3.02. The number of hydrogen-bond acceptors (Lipinski definition) is 7. The molecule has 1 aliphatic heterocycles. The molecule has 1 unspecified atom stereocenters. The van der Waals surface area contributed by atoms with Crippen LogP contribution < -0.4 is 10.6 Å². The van der Waals surface area contributed by atoms with Crippen LogP contribution in [0.3, 0.4) is 0 Å². The van der Waals surface area contributed by atoms with Crippen molar-refractivity contribution in [3.63, 3.8) is 0 Å². The summed E-state index contributed by atoms with van der Waals surface area (Å²) in [5.74, 6) is -0.00367. The van der Waals surface area contributed by atoms with Crippen molar-refractivity contribution in [3.8, 4) is 0 Å². The van der Waals surface area contributed by atoms with Gasteiger partial charge in [0.15, 0.2) is 15.7 Å². The Morgan fingerprint density at radius 1 is 1.55 bits per heavy atom. The summed E-state index contributed by atoms with van der Waals surface area (Å²) in [6, 6.07) is 1.24. The number of carbonyl (C=O) groups is 1. The number of carbonyl (C=O) groups excluding carboxylic acids is 1. The molecule has 8 heteroatoms. The first-order valence-electron chi connectivity index (χ1n) is 6.15. The second-order valence-electron chi connectivity index (χ2n) is 4.74. The molecule has 1 atom stereocenters. The molecular formula is C12H17N3O4S. The van der Waals surface area contributed by atoms with Gasteiger partial charge in [-0.15, -0.1) is 0 Å². The van der Waals surface area contributed by atoms with Gasteiger partial charge in [-0.05, 0) is 13.0 Å². The van der Waals surface area contributed by atoms with Crippen molar-refractivity contribution in [2.45, 2.75) is 13.0 Å². The van der Waals surface area contributed by atoms with Crippen LogP contribution >= 0.6 is 0 Å². The van der Waals surface area contributed by atoms with Gasteiger partial charge in [0.1, 0.15) is 0 Å². The predicted molar refractivity (Wildman–Crippen MR) is 75.5 cm³/mol. The van der Waals surface area contributed by atoms with Crippen LogP contribution in [0.5, 0.6) is 0 Å². The van der Waals surface area contributed by atoms with Gasteiger partial charge in [0.25, 0.3) is 0 Å². The van der Waals surface area contributed by atoms with Crippen molar-refractivity contribution >= 4 is 27.3 Å². The highest BCUT2D eigenvalue weighted by Gasteiger charge is 2.30. The standard InChI is InChI=1S/C12H17N3O4S/c1-8-7-20(17,18)6-5-15(8)11-10(13)9(3-4-14-11)12(16)19-2/h3-4,8H,5-7,13H2,1-2H3. The number of ether oxygens (including phenoxy) is 1. The van der Waals surface area contributed by atoms with Crippen LogP contribution in [-0.2, 0) is 14.6 Å². The molecule has 0 spiro atoms. The Hall–Kier alpha value is -1.83. The number of anilines is 2. The average molecular weight is 299 g/mol. The summed E-state index contributed by atoms with van der Waals surface area (Å²) in [5.41, 5.74) is 6.41. The van der Waals surface area contributed by atoms with E-state index in [1.807, 2.05) is 4.90 Å². The van der Waals surface area contributed by atoms with Gasteiger partial charge < -0.3 is 15.4 Å². The largest absolute Gasteiger partial charge is 0.465 e. The fourth-order valence-corrected chi connectivity index (χ4v) is 3.85. The molecule has 1 saturated heterocycles. The van der Waals surface area contributed by atoms with Crippen molar-refractivity contribution in [2.24, 2.45) is 0 Å². The minimum Gasteiger partial charge on any atom is -0.465 e. The number of hydrogen-bond donors (Lipinski definition) is 1. The van der Waals surface area contributed by atoms with Gasteiger partial charge in [-0.3, -0.25) is 0 Å². The van der Waals surface area contributed by atoms with Gasteiger partial charge in [-0.2, -0.15) is 0 Å². The average Bonchev–Trinajstić information content (AvgIpc) is 2.38. The topological polar surface area (TPSA) is 103 Å². The summed E-state index contributed by atoms with van der Waals surface area (Å²) in [5, 5.41) is 0. The van der Waals surface area contributed by atoms with E-state index in [2.05, 4.69) is 9.72 Å². The van der Waals surface area contributed by atoms with Crippen molar-refractivity contribution in [1.29, 1.82) is 0 Å². The van der Waals surface area contributed by atoms with Crippen LogP contribution in [0.2, 0.25) is 0 Å². The fourth-order valence-electron chi connectivity index (χ4n) is 2.29. The molecule has 0 bridgehead atoms. The molecule has 0 radical (unpaired) electrons. The molecule has 1 fully saturated rings. The molecule has 2 heterocycles. The minimum absolute atomic E-state index is 0.0522. The van der Waals surface area contributed by atoms with Crippen LogP contribution in [0.25, 0.3) is 0 Å². The summed E-state index contributed by atoms with van der Waals surface area (Å²) in [6.45, 7) is 2.11. The maximum Gasteiger partial charge on any atom is 0.340 e. The fraction of sp³-hybridized carbons (Fsp3) is 0.500. The first-order chi connectivity index (χ1) is 9.35. The highest BCUT2D eigenvalue weighted by Crippen LogP contribution is 2.28. The number of aromatic nitrogens is 1. The van der Waals surface area contributed by atoms with Crippen molar-refractivity contribution in [2.75, 3.05) is 35.8 Å². The molecule has 0 saturated carbocycles. The van der Waals surface area contributed by atoms with Crippen LogP contribution in [0.4, 0.5) is 11.5 Å². The molecule has 1 aromatic heterocycles. The zero-order chi connectivity index (χ0) is 14.9. The quantitative estimate of drug-likeness (QED) is 0.771. The zero-order valence-electron chi connectivity index (χ0n) is 11.4. The van der Waals surface area contributed by atoms with E-state index in [4.69, 9.17) is 5.73 Å². The van der Waals surface area contributed by atoms with Crippen molar-refractivity contribution in [1.82, 2.24) is 4.98 Å². The first kappa shape index (κ1) is 14.6. The molecule has 2 rings (SSSR count). The second-order valence-corrected chi connectivity index (χ2v) is 6.97. The number of sulfone groups is 1. The number of pyridine rings is 1. The lowest BCUT2D eigenvalue weighted by atomic mass is 10.2. The summed E-state index contributed by atoms with van der Waals surface area (Å²) in [6.07, 6.45) is 1.47. The van der Waals surface area contributed by atoms with E-state index >= 15 is 0 Å². The van der Waals surface area contributed by atoms with Gasteiger partial charge in [0, 0.05) is 18.8 Å². The molecule has 110 valence electrons. The maximum atomic E-state index is 11.6. The van der Waals surface area contributed by atoms with E-state index < -0.39 is 15.8 Å². The number of nitrogen functional groups attached to an aromatic ring is 1. The highest BCUT2D eigenvalue weighted by atomic mass is 32.2. The number of nitrogens with two attached hydrogens (primary N) is 1. The number of esters is 1. The van der Waals surface area contributed by atoms with Gasteiger partial charge in [-0.1, -0.05) is 0 Å². The summed E-state index contributed by atoms with van der Waals surface area (Å²) in [7, 11) is -1.74. The third kappa shape index (κ3) is 2.69. The van der Waals surface area contributed by atoms with E-state index in [1.54, 1.807) is 6.92 Å². The Morgan fingerprint density at radius 2 is 2.25 bits per heavy atom. The van der Waals surface area contributed by atoms with Gasteiger partial charge >= 0.3 is 5.97 Å². The molecule has 20 heavy (non-hydrogen) atoms. The Bertz CT molecular complexity index is 630. The summed E-state index contributed by atoms with van der Waals surface area (Å²) < 4.78 is 27.8. The van der Waals surface area contributed by atoms with Crippen molar-refractivity contribution in [3.05, 3.63) is 17.8 Å². The Morgan fingerprint density at radius 3 is 2.85 bits per heavy atom. The molecule has 2 N–H and O–H groups in total. The number of nitrogens with zero attached hydrogens (tertiary/aromatic N) is 2. The lowest BCUT2D eigenvalue weighted by molar-refractivity contribution is 0.0602. The zero-order valence-corrected chi connectivity index (χ0v) is 12.2. The third-order valence-electron chi connectivity index (χ3n) is 3.32. The van der Waals surface area contributed by atoms with Gasteiger partial charge in [-0.25, -0.2) is 18.2 Å². The lowest BCUT2D eigenvalue weighted by Crippen LogP contribution is -2.47. The monoisotopic (exact) mass is 299 g/mol. The van der Waals surface area contributed by atoms with E-state index in [1.165, 1.54) is 19.4 Å². The maximum absolute atomic E-state index is 11.6. The number of methoxy groups -OCH3 is 1. The predicted octanol–water partition coefficient (Wildman–Crippen LogP) is 0.0737. The molecule has 0 aromatic carbocycles. The summed E-state index contributed by atoms with van der Waals surface area (Å²) in [4.78, 5) is 17.6. The van der Waals surface area contributed by atoms with E-state index in [9.17, 15) is 13.2 Å². The molecular weight excluding hydrogens is 282 g/mol. The highest BCUT2D eigenvalue weighted by molar-refractivity contribution is 7.91. The van der Waals surface area contributed by atoms with Crippen LogP contribution in [0.1, 0.15) is 17.3 Å². The smallest absolute Gasteiger partial charge is 0.340 e. The summed E-state index contributed by atoms with van der Waals surface area (Å²) >= 11 is 0. The molecule has 1 aromatic rings. The SMILES string of the molecule is COC(=O)c1ccnc(N2CCS(=O)(=O)CC2C)c1N. The van der Waals surface area contributed by atoms with Crippen molar-refractivity contribution < 1.29 is 17.9 Å². The van der Waals surface area contributed by atoms with Gasteiger partial charge in [0.05, 0.1) is 29.9 Å². The van der Waals surface area contributed by atoms with Gasteiger partial charge in [0.2, 0.25) is 0 Å². The van der Waals surface area contributed by atoms with E-state index in [0.717, 1.165) is 0 Å². The Balaban J connectivity index is 2.37. The Labute approximate surface area is 117 Å². The van der Waals surface area contributed by atoms with Crippen LogP contribution in [0.15, 0.2) is 12.3 Å². The normalized spacial score (nSPS) is 21.5. The first-order valence-corrected chi connectivity index (χ1v) is 7.97. The number of rotatable bonds is 2. The second kappa shape index (κ2) is 5.28. The molecule has 7 nitrogen and oxygen atoms in total. The van der Waals surface area contributed by atoms with E-state index in [-0.39, 0.29) is 28.8 Å². The van der Waals surface area contributed by atoms with Crippen LogP contribution in [0, 0.1) is 0 Å². The lowest BCUT2D eigenvalue weighted by Gasteiger charge is -2.34. The molecule has 1 aliphatic rings. The van der Waals surface area contributed by atoms with Crippen LogP contribution in [-0.4, -0.2) is 50.6 Å². The molecule has 0 aliphatic carbocycles. The molecule has 0 amide bonds. The Kier molecular flexibility index (Phi) is 3.85. The van der Waals surface area contributed by atoms with E-state index in [0.29, 0.717) is 12.4 Å². The third-order valence-corrected chi connectivity index (χ3v) is 5.11.